The first-order chi connectivity index (χ1) is 8.82. The summed E-state index contributed by atoms with van der Waals surface area (Å²) >= 11 is 10.4. The van der Waals surface area contributed by atoms with Crippen molar-refractivity contribution < 1.29 is 0 Å². The minimum atomic E-state index is 0.274. The van der Waals surface area contributed by atoms with Gasteiger partial charge in [0.25, 0.3) is 0 Å². The van der Waals surface area contributed by atoms with E-state index in [2.05, 4.69) is 20.8 Å². The fourth-order valence-corrected chi connectivity index (χ4v) is 8.77. The van der Waals surface area contributed by atoms with Crippen LogP contribution in [0.15, 0.2) is 0 Å². The summed E-state index contributed by atoms with van der Waals surface area (Å²) in [7, 11) is 0. The van der Waals surface area contributed by atoms with Crippen molar-refractivity contribution in [2.24, 2.45) is 40.9 Å². The maximum Gasteiger partial charge on any atom is 0.0174 e. The summed E-state index contributed by atoms with van der Waals surface area (Å²) in [5.41, 5.74) is 0.483. The Morgan fingerprint density at radius 3 is 2.47 bits per heavy atom. The molecule has 0 aliphatic heterocycles. The Labute approximate surface area is 129 Å². The topological polar surface area (TPSA) is 0 Å². The minimum absolute atomic E-state index is 0.274. The zero-order chi connectivity index (χ0) is 13.6. The molecule has 19 heavy (non-hydrogen) atoms. The van der Waals surface area contributed by atoms with E-state index < -0.39 is 0 Å². The van der Waals surface area contributed by atoms with Gasteiger partial charge in [0.1, 0.15) is 0 Å². The molecule has 4 fully saturated rings. The molecule has 3 bridgehead atoms. The van der Waals surface area contributed by atoms with E-state index in [-0.39, 0.29) is 4.75 Å². The number of rotatable bonds is 0. The van der Waals surface area contributed by atoms with Crippen molar-refractivity contribution in [2.45, 2.75) is 62.9 Å². The number of thiol groups is 2. The molecule has 4 rings (SSSR count). The predicted octanol–water partition coefficient (Wildman–Crippen LogP) is 4.70. The van der Waals surface area contributed by atoms with E-state index in [1.165, 1.54) is 32.1 Å². The van der Waals surface area contributed by atoms with Crippen LogP contribution in [0, 0.1) is 40.9 Å². The third-order valence-electron chi connectivity index (χ3n) is 7.49. The van der Waals surface area contributed by atoms with Gasteiger partial charge in [-0.3, -0.25) is 0 Å². The molecule has 4 aliphatic rings. The van der Waals surface area contributed by atoms with E-state index in [1.54, 1.807) is 0 Å². The molecule has 0 N–H and O–H groups in total. The Morgan fingerprint density at radius 2 is 1.74 bits per heavy atom. The molecule has 4 saturated carbocycles. The van der Waals surface area contributed by atoms with E-state index in [9.17, 15) is 0 Å². The average molecular weight is 297 g/mol. The van der Waals surface area contributed by atoms with Gasteiger partial charge in [-0.1, -0.05) is 20.8 Å². The first kappa shape index (κ1) is 13.4. The van der Waals surface area contributed by atoms with Crippen molar-refractivity contribution in [1.82, 2.24) is 0 Å². The molecule has 108 valence electrons. The highest BCUT2D eigenvalue weighted by atomic mass is 32.1. The maximum absolute atomic E-state index is 5.29. The van der Waals surface area contributed by atoms with Crippen LogP contribution in [0.2, 0.25) is 0 Å². The van der Waals surface area contributed by atoms with Crippen LogP contribution in [0.1, 0.15) is 52.9 Å². The molecule has 8 unspecified atom stereocenters. The molecule has 0 aromatic rings. The molecule has 2 heteroatoms. The van der Waals surface area contributed by atoms with Crippen LogP contribution in [0.5, 0.6) is 0 Å². The second kappa shape index (κ2) is 3.91. The van der Waals surface area contributed by atoms with Gasteiger partial charge >= 0.3 is 0 Å². The van der Waals surface area contributed by atoms with E-state index in [0.717, 1.165) is 35.5 Å². The van der Waals surface area contributed by atoms with Crippen LogP contribution < -0.4 is 0 Å². The Balaban J connectivity index is 1.89. The van der Waals surface area contributed by atoms with Crippen LogP contribution in [0.25, 0.3) is 0 Å². The number of hydrogen-bond donors (Lipinski definition) is 2. The van der Waals surface area contributed by atoms with Gasteiger partial charge in [0.2, 0.25) is 0 Å². The van der Waals surface area contributed by atoms with Crippen molar-refractivity contribution >= 4 is 25.3 Å². The molecule has 0 heterocycles. The van der Waals surface area contributed by atoms with Crippen molar-refractivity contribution in [3.05, 3.63) is 0 Å². The van der Waals surface area contributed by atoms with Gasteiger partial charge in [-0.05, 0) is 73.0 Å². The second-order valence-electron chi connectivity index (χ2n) is 8.93. The maximum atomic E-state index is 5.29. The lowest BCUT2D eigenvalue weighted by Gasteiger charge is -2.50. The van der Waals surface area contributed by atoms with Gasteiger partial charge in [-0.15, -0.1) is 0 Å². The zero-order valence-corrected chi connectivity index (χ0v) is 14.3. The second-order valence-corrected chi connectivity index (χ2v) is 10.5. The lowest BCUT2D eigenvalue weighted by molar-refractivity contribution is 0.00248. The van der Waals surface area contributed by atoms with Crippen LogP contribution in [-0.2, 0) is 0 Å². The van der Waals surface area contributed by atoms with Gasteiger partial charge in [0.15, 0.2) is 0 Å². The van der Waals surface area contributed by atoms with Crippen molar-refractivity contribution in [3.8, 4) is 0 Å². The number of hydrogen-bond acceptors (Lipinski definition) is 2. The molecule has 0 radical (unpaired) electrons. The molecule has 0 nitrogen and oxygen atoms in total. The van der Waals surface area contributed by atoms with E-state index in [1.807, 2.05) is 0 Å². The van der Waals surface area contributed by atoms with E-state index in [4.69, 9.17) is 25.3 Å². The Bertz CT molecular complexity index is 398. The van der Waals surface area contributed by atoms with Crippen molar-refractivity contribution in [1.29, 1.82) is 0 Å². The Morgan fingerprint density at radius 1 is 1.05 bits per heavy atom. The van der Waals surface area contributed by atoms with Gasteiger partial charge in [-0.2, -0.15) is 25.3 Å². The van der Waals surface area contributed by atoms with E-state index >= 15 is 0 Å². The summed E-state index contributed by atoms with van der Waals surface area (Å²) in [6.45, 7) is 7.58. The zero-order valence-electron chi connectivity index (χ0n) is 12.5. The molecular weight excluding hydrogens is 268 g/mol. The van der Waals surface area contributed by atoms with E-state index in [0.29, 0.717) is 10.7 Å². The normalized spacial score (nSPS) is 62.1. The van der Waals surface area contributed by atoms with Crippen LogP contribution in [0.3, 0.4) is 0 Å². The molecule has 0 spiro atoms. The summed E-state index contributed by atoms with van der Waals surface area (Å²) in [6, 6.07) is 0. The average Bonchev–Trinajstić information content (AvgIpc) is 2.64. The Hall–Kier alpha value is 0.700. The molecule has 0 aromatic heterocycles. The molecule has 8 atom stereocenters. The standard InChI is InChI=1S/C17H28S2/c1-9-4-13-11-5-10-6-12(11)15(9)14(18)7-17(10,19)8-16(13,2)3/h9-15,18-19H,4-8H2,1-3H3. The fraction of sp³-hybridized carbons (Fsp3) is 1.00. The van der Waals surface area contributed by atoms with Crippen molar-refractivity contribution in [2.75, 3.05) is 0 Å². The van der Waals surface area contributed by atoms with Crippen molar-refractivity contribution in [3.63, 3.8) is 0 Å². The first-order valence-corrected chi connectivity index (χ1v) is 9.19. The van der Waals surface area contributed by atoms with Gasteiger partial charge < -0.3 is 0 Å². The summed E-state index contributed by atoms with van der Waals surface area (Å²) in [5, 5.41) is 0.597. The molecule has 0 aromatic carbocycles. The lowest BCUT2D eigenvalue weighted by atomic mass is 9.56. The first-order valence-electron chi connectivity index (χ1n) is 8.22. The highest BCUT2D eigenvalue weighted by molar-refractivity contribution is 7.82. The minimum Gasteiger partial charge on any atom is -0.176 e. The van der Waals surface area contributed by atoms with Gasteiger partial charge in [-0.25, -0.2) is 0 Å². The molecule has 4 aliphatic carbocycles. The van der Waals surface area contributed by atoms with Crippen LogP contribution >= 0.6 is 25.3 Å². The van der Waals surface area contributed by atoms with Crippen LogP contribution in [-0.4, -0.2) is 10.00 Å². The third kappa shape index (κ3) is 1.68. The summed E-state index contributed by atoms with van der Waals surface area (Å²) in [6.07, 6.45) is 6.96. The molecular formula is C17H28S2. The highest BCUT2D eigenvalue weighted by Crippen LogP contribution is 2.68. The summed E-state index contributed by atoms with van der Waals surface area (Å²) in [5.74, 6) is 5.53. The highest BCUT2D eigenvalue weighted by Gasteiger charge is 2.63. The lowest BCUT2D eigenvalue weighted by Crippen LogP contribution is -2.44. The smallest absolute Gasteiger partial charge is 0.0174 e. The van der Waals surface area contributed by atoms with Crippen LogP contribution in [0.4, 0.5) is 0 Å². The predicted molar refractivity (Wildman–Crippen MR) is 88.0 cm³/mol. The SMILES string of the molecule is CC1CC2C3CC4CC3C1C(S)CC4(S)CC2(C)C. The largest absolute Gasteiger partial charge is 0.176 e. The summed E-state index contributed by atoms with van der Waals surface area (Å²) < 4.78 is 0.274. The van der Waals surface area contributed by atoms with Gasteiger partial charge in [0, 0.05) is 10.00 Å². The Kier molecular flexibility index (Phi) is 2.75. The summed E-state index contributed by atoms with van der Waals surface area (Å²) in [4.78, 5) is 0. The van der Waals surface area contributed by atoms with Gasteiger partial charge in [0.05, 0.1) is 0 Å². The molecule has 0 saturated heterocycles. The monoisotopic (exact) mass is 296 g/mol. The third-order valence-corrected chi connectivity index (χ3v) is 8.72. The quantitative estimate of drug-likeness (QED) is 0.595. The molecule has 0 amide bonds. The fourth-order valence-electron chi connectivity index (χ4n) is 6.97.